The normalized spacial score (nSPS) is 20.4. The monoisotopic (exact) mass is 329 g/mol. The van der Waals surface area contributed by atoms with Gasteiger partial charge in [0.25, 0.3) is 5.91 Å². The predicted octanol–water partition coefficient (Wildman–Crippen LogP) is 2.04. The van der Waals surface area contributed by atoms with Crippen molar-refractivity contribution in [1.29, 1.82) is 0 Å². The molecule has 2 aromatic rings. The molecule has 128 valence electrons. The highest BCUT2D eigenvalue weighted by molar-refractivity contribution is 5.91. The molecule has 1 aliphatic rings. The molecule has 3 rings (SSSR count). The molecular formula is C18H23N3O3. The van der Waals surface area contributed by atoms with Gasteiger partial charge in [0.2, 0.25) is 0 Å². The molecule has 0 bridgehead atoms. The maximum absolute atomic E-state index is 12.6. The molecule has 1 aromatic carbocycles. The summed E-state index contributed by atoms with van der Waals surface area (Å²) in [7, 11) is 3.50. The number of aryl methyl sites for hydroxylation is 2. The van der Waals surface area contributed by atoms with Crippen LogP contribution in [0.4, 0.5) is 0 Å². The van der Waals surface area contributed by atoms with Gasteiger partial charge in [0.05, 0.1) is 6.54 Å². The molecule has 1 saturated heterocycles. The van der Waals surface area contributed by atoms with Crippen LogP contribution in [0, 0.1) is 6.92 Å². The summed E-state index contributed by atoms with van der Waals surface area (Å²) in [6, 6.07) is 7.90. The van der Waals surface area contributed by atoms with E-state index in [9.17, 15) is 4.79 Å². The first-order valence-corrected chi connectivity index (χ1v) is 8.05. The topological polar surface area (TPSA) is 56.6 Å². The zero-order chi connectivity index (χ0) is 17.2. The van der Waals surface area contributed by atoms with Gasteiger partial charge < -0.3 is 18.9 Å². The van der Waals surface area contributed by atoms with Gasteiger partial charge in [0.15, 0.2) is 5.82 Å². The highest BCUT2D eigenvalue weighted by Gasteiger charge is 2.42. The molecule has 1 atom stereocenters. The van der Waals surface area contributed by atoms with Crippen molar-refractivity contribution >= 4 is 5.91 Å². The summed E-state index contributed by atoms with van der Waals surface area (Å²) in [5, 5.41) is 0. The fourth-order valence-corrected chi connectivity index (χ4v) is 3.00. The van der Waals surface area contributed by atoms with Crippen molar-refractivity contribution in [2.75, 3.05) is 26.8 Å². The van der Waals surface area contributed by atoms with Crippen molar-refractivity contribution in [1.82, 2.24) is 14.5 Å². The zero-order valence-electron chi connectivity index (χ0n) is 14.4. The van der Waals surface area contributed by atoms with Crippen LogP contribution in [0.1, 0.15) is 22.6 Å². The van der Waals surface area contributed by atoms with Gasteiger partial charge in [-0.25, -0.2) is 4.98 Å². The minimum absolute atomic E-state index is 0.0719. The van der Waals surface area contributed by atoms with Crippen LogP contribution >= 0.6 is 0 Å². The molecule has 2 heterocycles. The average Bonchev–Trinajstić information content (AvgIpc) is 3.21. The molecule has 6 nitrogen and oxygen atoms in total. The number of hydrogen-bond donors (Lipinski definition) is 0. The molecule has 1 amide bonds. The summed E-state index contributed by atoms with van der Waals surface area (Å²) in [6.45, 7) is 3.57. The summed E-state index contributed by atoms with van der Waals surface area (Å²) >= 11 is 0. The number of aromatic nitrogens is 2. The summed E-state index contributed by atoms with van der Waals surface area (Å²) in [6.07, 6.45) is 4.15. The third-order valence-corrected chi connectivity index (χ3v) is 4.63. The Bertz CT molecular complexity index is 728. The van der Waals surface area contributed by atoms with Gasteiger partial charge in [-0.3, -0.25) is 4.79 Å². The van der Waals surface area contributed by atoms with E-state index in [2.05, 4.69) is 4.98 Å². The number of carbonyl (C=O) groups is 1. The Morgan fingerprint density at radius 3 is 2.83 bits per heavy atom. The van der Waals surface area contributed by atoms with E-state index >= 15 is 0 Å². The van der Waals surface area contributed by atoms with Crippen molar-refractivity contribution in [2.24, 2.45) is 7.05 Å². The number of benzene rings is 1. The van der Waals surface area contributed by atoms with E-state index in [1.165, 1.54) is 0 Å². The number of rotatable bonds is 5. The van der Waals surface area contributed by atoms with Crippen LogP contribution in [0.15, 0.2) is 36.7 Å². The fraction of sp³-hybridized carbons (Fsp3) is 0.444. The molecule has 1 aliphatic heterocycles. The van der Waals surface area contributed by atoms with Gasteiger partial charge in [-0.15, -0.1) is 0 Å². The number of amides is 1. The van der Waals surface area contributed by atoms with Crippen LogP contribution in [-0.2, 0) is 11.8 Å². The quantitative estimate of drug-likeness (QED) is 0.842. The zero-order valence-corrected chi connectivity index (χ0v) is 14.4. The second kappa shape index (κ2) is 6.65. The van der Waals surface area contributed by atoms with Crippen LogP contribution in [0.2, 0.25) is 0 Å². The number of imidazole rings is 1. The van der Waals surface area contributed by atoms with E-state index in [1.807, 2.05) is 38.2 Å². The van der Waals surface area contributed by atoms with E-state index in [4.69, 9.17) is 9.47 Å². The Labute approximate surface area is 142 Å². The molecule has 6 heteroatoms. The van der Waals surface area contributed by atoms with Crippen molar-refractivity contribution < 1.29 is 14.3 Å². The number of para-hydroxylation sites is 1. The maximum Gasteiger partial charge on any atom is 0.289 e. The van der Waals surface area contributed by atoms with Crippen molar-refractivity contribution in [2.45, 2.75) is 18.9 Å². The summed E-state index contributed by atoms with van der Waals surface area (Å²) < 4.78 is 13.5. The van der Waals surface area contributed by atoms with Crippen LogP contribution < -0.4 is 4.74 Å². The first-order chi connectivity index (χ1) is 11.5. The lowest BCUT2D eigenvalue weighted by molar-refractivity contribution is -0.0344. The number of nitrogens with zero attached hydrogens (tertiary/aromatic N) is 3. The van der Waals surface area contributed by atoms with Gasteiger partial charge in [-0.2, -0.15) is 0 Å². The number of hydrogen-bond acceptors (Lipinski definition) is 4. The number of ether oxygens (including phenoxy) is 2. The largest absolute Gasteiger partial charge is 0.490 e. The second-order valence-electron chi connectivity index (χ2n) is 6.28. The van der Waals surface area contributed by atoms with Crippen LogP contribution in [-0.4, -0.2) is 52.8 Å². The Balaban J connectivity index is 1.68. The van der Waals surface area contributed by atoms with Crippen LogP contribution in [0.3, 0.4) is 0 Å². The molecular weight excluding hydrogens is 306 g/mol. The molecule has 1 aromatic heterocycles. The third kappa shape index (κ3) is 3.14. The van der Waals surface area contributed by atoms with E-state index < -0.39 is 5.60 Å². The van der Waals surface area contributed by atoms with Crippen LogP contribution in [0.5, 0.6) is 5.75 Å². The Kier molecular flexibility index (Phi) is 4.57. The van der Waals surface area contributed by atoms with Gasteiger partial charge in [-0.05, 0) is 25.0 Å². The molecule has 0 spiro atoms. The molecule has 1 unspecified atom stereocenters. The van der Waals surface area contributed by atoms with E-state index in [1.54, 1.807) is 29.0 Å². The Morgan fingerprint density at radius 2 is 2.17 bits per heavy atom. The smallest absolute Gasteiger partial charge is 0.289 e. The second-order valence-corrected chi connectivity index (χ2v) is 6.28. The number of carbonyl (C=O) groups excluding carboxylic acids is 1. The van der Waals surface area contributed by atoms with Crippen LogP contribution in [0.25, 0.3) is 0 Å². The predicted molar refractivity (Wildman–Crippen MR) is 90.1 cm³/mol. The van der Waals surface area contributed by atoms with E-state index in [0.29, 0.717) is 25.5 Å². The summed E-state index contributed by atoms with van der Waals surface area (Å²) in [5.74, 6) is 1.22. The Hall–Kier alpha value is -2.34. The standard InChI is InChI=1S/C18H23N3O3/c1-14-6-4-5-7-15(14)24-13-18(23-3)8-10-21(12-18)17(22)16-19-9-11-20(16)2/h4-7,9,11H,8,10,12-13H2,1-3H3. The lowest BCUT2D eigenvalue weighted by Crippen LogP contribution is -2.42. The highest BCUT2D eigenvalue weighted by atomic mass is 16.5. The van der Waals surface area contributed by atoms with E-state index in [0.717, 1.165) is 17.7 Å². The summed E-state index contributed by atoms with van der Waals surface area (Å²) in [4.78, 5) is 18.5. The molecule has 0 radical (unpaired) electrons. The molecule has 0 saturated carbocycles. The Morgan fingerprint density at radius 1 is 1.38 bits per heavy atom. The van der Waals surface area contributed by atoms with Gasteiger partial charge in [-0.1, -0.05) is 18.2 Å². The van der Waals surface area contributed by atoms with Gasteiger partial charge in [0, 0.05) is 33.1 Å². The lowest BCUT2D eigenvalue weighted by atomic mass is 10.0. The van der Waals surface area contributed by atoms with E-state index in [-0.39, 0.29) is 5.91 Å². The highest BCUT2D eigenvalue weighted by Crippen LogP contribution is 2.28. The minimum Gasteiger partial charge on any atom is -0.490 e. The first kappa shape index (κ1) is 16.5. The SMILES string of the molecule is COC1(COc2ccccc2C)CCN(C(=O)c2nccn2C)C1. The third-order valence-electron chi connectivity index (χ3n) is 4.63. The maximum atomic E-state index is 12.6. The minimum atomic E-state index is -0.483. The van der Waals surface area contributed by atoms with Gasteiger partial charge >= 0.3 is 0 Å². The van der Waals surface area contributed by atoms with Crippen molar-refractivity contribution in [3.63, 3.8) is 0 Å². The summed E-state index contributed by atoms with van der Waals surface area (Å²) in [5.41, 5.74) is 0.603. The lowest BCUT2D eigenvalue weighted by Gasteiger charge is -2.28. The molecule has 1 fully saturated rings. The van der Waals surface area contributed by atoms with Crippen molar-refractivity contribution in [3.05, 3.63) is 48.0 Å². The first-order valence-electron chi connectivity index (χ1n) is 8.05. The number of methoxy groups -OCH3 is 1. The molecule has 24 heavy (non-hydrogen) atoms. The number of likely N-dealkylation sites (tertiary alicyclic amines) is 1. The average molecular weight is 329 g/mol. The van der Waals surface area contributed by atoms with Gasteiger partial charge in [0.1, 0.15) is 18.0 Å². The molecule has 0 N–H and O–H groups in total. The fourth-order valence-electron chi connectivity index (χ4n) is 3.00. The van der Waals surface area contributed by atoms with Crippen molar-refractivity contribution in [3.8, 4) is 5.75 Å². The molecule has 0 aliphatic carbocycles.